The van der Waals surface area contributed by atoms with E-state index in [4.69, 9.17) is 51.0 Å². The lowest BCUT2D eigenvalue weighted by Crippen LogP contribution is -2.67. The molecule has 0 spiro atoms. The fourth-order valence-electron chi connectivity index (χ4n) is 4.24. The van der Waals surface area contributed by atoms with Crippen molar-refractivity contribution < 1.29 is 28.0 Å². The molecule has 2 heterocycles. The highest BCUT2D eigenvalue weighted by Crippen LogP contribution is 2.41. The Kier molecular flexibility index (Phi) is 6.86. The minimum absolute atomic E-state index is 0.117. The van der Waals surface area contributed by atoms with Crippen molar-refractivity contribution in [3.05, 3.63) is 69.7 Å². The minimum atomic E-state index is -4.01. The number of carbonyl (C=O) groups excluding carboxylic acids is 4. The number of carbonyl (C=O) groups is 4. The van der Waals surface area contributed by atoms with Crippen LogP contribution in [0.1, 0.15) is 33.0 Å². The molecule has 2 aromatic rings. The molecule has 7 nitrogen and oxygen atoms in total. The zero-order valence-electron chi connectivity index (χ0n) is 19.0. The maximum atomic E-state index is 14.8. The fourth-order valence-corrected chi connectivity index (χ4v) is 4.37. The van der Waals surface area contributed by atoms with Gasteiger partial charge in [-0.15, -0.1) is 0 Å². The summed E-state index contributed by atoms with van der Waals surface area (Å²) in [5.41, 5.74) is -2.24. The Morgan fingerprint density at radius 3 is 2.41 bits per heavy atom. The van der Waals surface area contributed by atoms with Gasteiger partial charge in [-0.25, -0.2) is 0 Å². The predicted octanol–water partition coefficient (Wildman–Crippen LogP) is 0.602. The van der Waals surface area contributed by atoms with Crippen molar-refractivity contribution in [1.82, 2.24) is 15.0 Å². The third kappa shape index (κ3) is 4.29. The van der Waals surface area contributed by atoms with Crippen LogP contribution < -0.4 is 5.32 Å². The van der Waals surface area contributed by atoms with Gasteiger partial charge >= 0.3 is 5.92 Å². The number of amides is 4. The summed E-state index contributed by atoms with van der Waals surface area (Å²) < 4.78 is 29.6. The number of benzene rings is 2. The van der Waals surface area contributed by atoms with Gasteiger partial charge in [0.1, 0.15) is 15.7 Å². The highest BCUT2D eigenvalue weighted by atomic mass is 35.5. The van der Waals surface area contributed by atoms with E-state index in [1.165, 1.54) is 30.3 Å². The first kappa shape index (κ1) is 27.0. The van der Waals surface area contributed by atoms with Crippen molar-refractivity contribution in [3.8, 4) is 0 Å². The molecule has 4 atom stereocenters. The number of hydrogen-bond donors (Lipinski definition) is 1. The van der Waals surface area contributed by atoms with Crippen LogP contribution in [0, 0.1) is 0 Å². The number of halogens is 3. The number of fused-ring (bicyclic) bond motifs is 1. The molecule has 1 fully saturated rings. The second-order valence-corrected chi connectivity index (χ2v) is 9.18. The topological polar surface area (TPSA) is 86.8 Å². The van der Waals surface area contributed by atoms with Gasteiger partial charge in [-0.1, -0.05) is 41.7 Å². The van der Waals surface area contributed by atoms with E-state index >= 15 is 0 Å². The first-order chi connectivity index (χ1) is 17.2. The summed E-state index contributed by atoms with van der Waals surface area (Å²) in [4.78, 5) is 51.2. The molecule has 0 saturated carbocycles. The van der Waals surface area contributed by atoms with Crippen molar-refractivity contribution in [3.63, 3.8) is 0 Å². The van der Waals surface area contributed by atoms with Gasteiger partial charge in [0.15, 0.2) is 0 Å². The first-order valence-electron chi connectivity index (χ1n) is 10.8. The summed E-state index contributed by atoms with van der Waals surface area (Å²) in [5.74, 6) is -12.6. The standard InChI is InChI=1S/C22H13B5ClF2N3O4/c23-14-15(24)21(26,19(36)31-17(14)34)32-8-10-7-9(1-6-13(10)18(32)35)16(25)33(27)20(37)22(29,30)11-2-4-12(28)5-3-11/h1-7,14-16H,8H2,(H,31,34,36)/t14?,15?,16?,21-/m0/s1. The zero-order chi connectivity index (χ0) is 27.4. The van der Waals surface area contributed by atoms with Crippen molar-refractivity contribution in [2.24, 2.45) is 0 Å². The molecule has 1 N–H and O–H groups in total. The third-order valence-corrected chi connectivity index (χ3v) is 6.78. The molecule has 4 rings (SSSR count). The van der Waals surface area contributed by atoms with Crippen LogP contribution >= 0.6 is 11.6 Å². The molecule has 3 unspecified atom stereocenters. The van der Waals surface area contributed by atoms with Crippen LogP contribution in [0.3, 0.4) is 0 Å². The van der Waals surface area contributed by atoms with E-state index in [1.54, 1.807) is 0 Å². The lowest BCUT2D eigenvalue weighted by Gasteiger charge is -2.48. The van der Waals surface area contributed by atoms with E-state index in [2.05, 4.69) is 0 Å². The fraction of sp³-hybridized carbons (Fsp3) is 0.273. The highest BCUT2D eigenvalue weighted by Gasteiger charge is 2.53. The second kappa shape index (κ2) is 9.38. The lowest BCUT2D eigenvalue weighted by molar-refractivity contribution is -0.154. The van der Waals surface area contributed by atoms with Crippen molar-refractivity contribution in [2.75, 3.05) is 0 Å². The van der Waals surface area contributed by atoms with Gasteiger partial charge < -0.3 is 9.71 Å². The number of rotatable bonds is 5. The number of hydrogen-bond acceptors (Lipinski definition) is 4. The average molecular weight is 511 g/mol. The summed E-state index contributed by atoms with van der Waals surface area (Å²) >= 11 is 5.72. The molecule has 0 aliphatic carbocycles. The van der Waals surface area contributed by atoms with Gasteiger partial charge in [-0.2, -0.15) is 8.78 Å². The van der Waals surface area contributed by atoms with Crippen LogP contribution in [0.2, 0.25) is 16.7 Å². The molecule has 0 bridgehead atoms. The quantitative estimate of drug-likeness (QED) is 0.471. The molecule has 2 aliphatic rings. The first-order valence-corrected chi connectivity index (χ1v) is 11.2. The molecule has 2 aliphatic heterocycles. The van der Waals surface area contributed by atoms with E-state index in [0.717, 1.165) is 17.0 Å². The predicted molar refractivity (Wildman–Crippen MR) is 133 cm³/mol. The highest BCUT2D eigenvalue weighted by molar-refractivity contribution is 6.43. The van der Waals surface area contributed by atoms with Crippen molar-refractivity contribution in [1.29, 1.82) is 0 Å². The largest absolute Gasteiger partial charge is 0.393 e. The average Bonchev–Trinajstić information content (AvgIpc) is 3.21. The molecular weight excluding hydrogens is 498 g/mol. The smallest absolute Gasteiger partial charge is 0.348 e. The molecule has 0 aromatic heterocycles. The Morgan fingerprint density at radius 1 is 1.16 bits per heavy atom. The molecule has 10 radical (unpaired) electrons. The number of nitrogens with one attached hydrogen (secondary N) is 1. The van der Waals surface area contributed by atoms with E-state index in [9.17, 15) is 28.0 Å². The Bertz CT molecular complexity index is 1320. The maximum Gasteiger partial charge on any atom is 0.348 e. The molecule has 176 valence electrons. The summed E-state index contributed by atoms with van der Waals surface area (Å²) in [5, 5.41) is 2.20. The van der Waals surface area contributed by atoms with Crippen LogP contribution in [0.5, 0.6) is 0 Å². The summed E-state index contributed by atoms with van der Waals surface area (Å²) in [6.07, 6.45) is 0. The van der Waals surface area contributed by atoms with Gasteiger partial charge in [0.05, 0.1) is 21.1 Å². The molecular formula is C22H13B5ClF2N3O4. The summed E-state index contributed by atoms with van der Waals surface area (Å²) in [7, 11) is 29.6. The Hall–Kier alpha value is -3.01. The van der Waals surface area contributed by atoms with E-state index in [-0.39, 0.29) is 27.5 Å². The van der Waals surface area contributed by atoms with E-state index in [1.807, 2.05) is 5.32 Å². The third-order valence-electron chi connectivity index (χ3n) is 6.53. The summed E-state index contributed by atoms with van der Waals surface area (Å²) in [6, 6.07) is 8.39. The number of imide groups is 1. The van der Waals surface area contributed by atoms with Gasteiger partial charge in [0.25, 0.3) is 11.8 Å². The van der Waals surface area contributed by atoms with Gasteiger partial charge in [0, 0.05) is 28.6 Å². The minimum Gasteiger partial charge on any atom is -0.393 e. The number of nitrogens with zero attached hydrogens (tertiary/aromatic N) is 2. The SMILES string of the molecule is [B]C1C(=O)NC(=O)[C@@]([B])(N2Cc3cc(C([B])N([B])C(=O)C(F)(F)c4ccc(Cl)cc4)ccc3C2=O)C1[B]. The van der Waals surface area contributed by atoms with Crippen LogP contribution in [0.15, 0.2) is 42.5 Å². The number of piperidine rings is 1. The Morgan fingerprint density at radius 2 is 1.78 bits per heavy atom. The monoisotopic (exact) mass is 511 g/mol. The van der Waals surface area contributed by atoms with Gasteiger partial charge in [0.2, 0.25) is 19.8 Å². The summed E-state index contributed by atoms with van der Waals surface area (Å²) in [6.45, 7) is -0.243. The van der Waals surface area contributed by atoms with E-state index < -0.39 is 58.1 Å². The van der Waals surface area contributed by atoms with Gasteiger partial charge in [-0.3, -0.25) is 24.5 Å². The van der Waals surface area contributed by atoms with E-state index in [0.29, 0.717) is 5.56 Å². The lowest BCUT2D eigenvalue weighted by atomic mass is 9.48. The second-order valence-electron chi connectivity index (χ2n) is 8.74. The maximum absolute atomic E-state index is 14.8. The Balaban J connectivity index is 1.58. The molecule has 37 heavy (non-hydrogen) atoms. The molecule has 15 heteroatoms. The van der Waals surface area contributed by atoms with Crippen LogP contribution in [0.4, 0.5) is 8.78 Å². The van der Waals surface area contributed by atoms with Crippen molar-refractivity contribution in [2.45, 2.75) is 35.5 Å². The zero-order valence-corrected chi connectivity index (χ0v) is 19.8. The normalized spacial score (nSPS) is 24.4. The Labute approximate surface area is 222 Å². The van der Waals surface area contributed by atoms with Crippen LogP contribution in [-0.4, -0.2) is 78.1 Å². The molecule has 1 saturated heterocycles. The van der Waals surface area contributed by atoms with Crippen molar-refractivity contribution >= 4 is 74.6 Å². The van der Waals surface area contributed by atoms with Crippen LogP contribution in [-0.2, 0) is 26.9 Å². The van der Waals surface area contributed by atoms with Crippen LogP contribution in [0.25, 0.3) is 0 Å². The molecule has 2 aromatic carbocycles. The number of alkyl halides is 2. The van der Waals surface area contributed by atoms with Gasteiger partial charge in [-0.05, 0) is 35.1 Å². The molecule has 4 amide bonds.